The van der Waals surface area contributed by atoms with E-state index in [1.807, 2.05) is 73.1 Å². The predicted molar refractivity (Wildman–Crippen MR) is 108 cm³/mol. The average molecular weight is 379 g/mol. The average Bonchev–Trinajstić information content (AvgIpc) is 3.46. The summed E-state index contributed by atoms with van der Waals surface area (Å²) in [7, 11) is 1.98. The normalized spacial score (nSPS) is 14.7. The molecule has 0 bridgehead atoms. The topological polar surface area (TPSA) is 59.8 Å². The molecule has 0 radical (unpaired) electrons. The minimum absolute atomic E-state index is 0.0639. The van der Waals surface area contributed by atoms with Gasteiger partial charge in [0.1, 0.15) is 11.1 Å². The molecular weight excluding hydrogens is 356 g/mol. The van der Waals surface area contributed by atoms with Crippen LogP contribution in [0.25, 0.3) is 0 Å². The monoisotopic (exact) mass is 378 g/mol. The molecule has 5 nitrogen and oxygen atoms in total. The second-order valence-corrected chi connectivity index (χ2v) is 8.01. The van der Waals surface area contributed by atoms with Crippen molar-refractivity contribution in [3.8, 4) is 0 Å². The Morgan fingerprint density at radius 2 is 1.81 bits per heavy atom. The van der Waals surface area contributed by atoms with Gasteiger partial charge in [0.15, 0.2) is 5.16 Å². The highest BCUT2D eigenvalue weighted by atomic mass is 32.2. The summed E-state index contributed by atoms with van der Waals surface area (Å²) >= 11 is 1.44. The molecule has 1 N–H and O–H groups in total. The third-order valence-corrected chi connectivity index (χ3v) is 5.98. The fourth-order valence-corrected chi connectivity index (χ4v) is 3.99. The van der Waals surface area contributed by atoms with Crippen molar-refractivity contribution in [3.63, 3.8) is 0 Å². The molecule has 1 aliphatic rings. The Balaban J connectivity index is 1.59. The Morgan fingerprint density at radius 1 is 1.11 bits per heavy atom. The summed E-state index contributed by atoms with van der Waals surface area (Å²) in [4.78, 5) is 13.1. The van der Waals surface area contributed by atoms with E-state index in [-0.39, 0.29) is 5.91 Å². The van der Waals surface area contributed by atoms with Crippen LogP contribution >= 0.6 is 11.8 Å². The molecule has 0 saturated heterocycles. The van der Waals surface area contributed by atoms with Gasteiger partial charge in [0.05, 0.1) is 0 Å². The first-order chi connectivity index (χ1) is 13.1. The number of nitrogens with zero attached hydrogens (tertiary/aromatic N) is 3. The molecule has 1 aromatic heterocycles. The highest BCUT2D eigenvalue weighted by Gasteiger charge is 2.31. The highest BCUT2D eigenvalue weighted by Crippen LogP contribution is 2.41. The molecule has 1 aliphatic carbocycles. The van der Waals surface area contributed by atoms with Gasteiger partial charge < -0.3 is 9.88 Å². The van der Waals surface area contributed by atoms with Crippen molar-refractivity contribution in [2.24, 2.45) is 7.05 Å². The summed E-state index contributed by atoms with van der Waals surface area (Å²) in [5, 5.41) is 12.1. The fourth-order valence-electron chi connectivity index (χ4n) is 2.98. The van der Waals surface area contributed by atoms with Crippen LogP contribution in [0.3, 0.4) is 0 Å². The standard InChI is InChI=1S/C21H22N4OS/c1-14-8-12-17(13-9-14)22-20(26)18(15-6-4-3-5-7-15)27-21-24-23-19(25(21)2)16-10-11-16/h3-9,12-13,16,18H,10-11H2,1-2H3,(H,22,26). The van der Waals surface area contributed by atoms with E-state index in [4.69, 9.17) is 0 Å². The Labute approximate surface area is 163 Å². The van der Waals surface area contributed by atoms with Crippen molar-refractivity contribution in [2.75, 3.05) is 5.32 Å². The second-order valence-electron chi connectivity index (χ2n) is 6.94. The Morgan fingerprint density at radius 3 is 2.48 bits per heavy atom. The molecule has 0 aliphatic heterocycles. The summed E-state index contributed by atoms with van der Waals surface area (Å²) in [5.74, 6) is 1.47. The number of anilines is 1. The lowest BCUT2D eigenvalue weighted by Crippen LogP contribution is -2.19. The number of aromatic nitrogens is 3. The third kappa shape index (κ3) is 4.06. The summed E-state index contributed by atoms with van der Waals surface area (Å²) < 4.78 is 2.03. The first-order valence-electron chi connectivity index (χ1n) is 9.10. The van der Waals surface area contributed by atoms with Gasteiger partial charge in [-0.2, -0.15) is 0 Å². The van der Waals surface area contributed by atoms with Gasteiger partial charge in [-0.15, -0.1) is 10.2 Å². The van der Waals surface area contributed by atoms with E-state index < -0.39 is 5.25 Å². The van der Waals surface area contributed by atoms with Gasteiger partial charge in [0.2, 0.25) is 5.91 Å². The van der Waals surface area contributed by atoms with E-state index in [0.29, 0.717) is 5.92 Å². The number of nitrogens with one attached hydrogen (secondary N) is 1. The molecule has 1 atom stereocenters. The largest absolute Gasteiger partial charge is 0.325 e. The highest BCUT2D eigenvalue weighted by molar-refractivity contribution is 8.00. The minimum Gasteiger partial charge on any atom is -0.325 e. The molecule has 138 valence electrons. The number of benzene rings is 2. The van der Waals surface area contributed by atoms with E-state index in [1.54, 1.807) is 0 Å². The van der Waals surface area contributed by atoms with Crippen LogP contribution in [0.2, 0.25) is 0 Å². The lowest BCUT2D eigenvalue weighted by molar-refractivity contribution is -0.115. The predicted octanol–water partition coefficient (Wildman–Crippen LogP) is 4.47. The lowest BCUT2D eigenvalue weighted by Gasteiger charge is -2.16. The molecule has 1 unspecified atom stereocenters. The van der Waals surface area contributed by atoms with Crippen LogP contribution in [0.1, 0.15) is 41.0 Å². The van der Waals surface area contributed by atoms with Crippen LogP contribution < -0.4 is 5.32 Å². The number of amides is 1. The van der Waals surface area contributed by atoms with Gasteiger partial charge in [-0.05, 0) is 37.5 Å². The first-order valence-corrected chi connectivity index (χ1v) is 9.98. The van der Waals surface area contributed by atoms with Crippen LogP contribution in [0.4, 0.5) is 5.69 Å². The number of rotatable bonds is 6. The van der Waals surface area contributed by atoms with E-state index in [0.717, 1.165) is 27.8 Å². The number of hydrogen-bond acceptors (Lipinski definition) is 4. The molecule has 3 aromatic rings. The van der Waals surface area contributed by atoms with Gasteiger partial charge >= 0.3 is 0 Å². The van der Waals surface area contributed by atoms with Gasteiger partial charge in [0.25, 0.3) is 0 Å². The van der Waals surface area contributed by atoms with Gasteiger partial charge in [-0.3, -0.25) is 4.79 Å². The van der Waals surface area contributed by atoms with Crippen molar-refractivity contribution in [1.82, 2.24) is 14.8 Å². The number of aryl methyl sites for hydroxylation is 1. The molecule has 1 saturated carbocycles. The lowest BCUT2D eigenvalue weighted by atomic mass is 10.1. The Hall–Kier alpha value is -2.60. The summed E-state index contributed by atoms with van der Waals surface area (Å²) in [6.45, 7) is 2.03. The van der Waals surface area contributed by atoms with Crippen LogP contribution in [0.15, 0.2) is 59.8 Å². The molecule has 6 heteroatoms. The van der Waals surface area contributed by atoms with Crippen molar-refractivity contribution < 1.29 is 4.79 Å². The first kappa shape index (κ1) is 17.8. The quantitative estimate of drug-likeness (QED) is 0.643. The Bertz CT molecular complexity index is 933. The van der Waals surface area contributed by atoms with E-state index in [1.165, 1.54) is 24.6 Å². The summed E-state index contributed by atoms with van der Waals surface area (Å²) in [6.07, 6.45) is 2.35. The molecule has 4 rings (SSSR count). The zero-order valence-electron chi connectivity index (χ0n) is 15.4. The van der Waals surface area contributed by atoms with Crippen molar-refractivity contribution >= 4 is 23.4 Å². The van der Waals surface area contributed by atoms with Crippen LogP contribution in [0.5, 0.6) is 0 Å². The molecule has 1 heterocycles. The van der Waals surface area contributed by atoms with E-state index in [9.17, 15) is 4.79 Å². The van der Waals surface area contributed by atoms with Crippen molar-refractivity contribution in [3.05, 3.63) is 71.5 Å². The molecule has 2 aromatic carbocycles. The van der Waals surface area contributed by atoms with Crippen LogP contribution in [-0.2, 0) is 11.8 Å². The number of carbonyl (C=O) groups is 1. The van der Waals surface area contributed by atoms with Gasteiger partial charge in [-0.25, -0.2) is 0 Å². The van der Waals surface area contributed by atoms with Crippen molar-refractivity contribution in [1.29, 1.82) is 0 Å². The van der Waals surface area contributed by atoms with Crippen LogP contribution in [-0.4, -0.2) is 20.7 Å². The smallest absolute Gasteiger partial charge is 0.242 e. The third-order valence-electron chi connectivity index (χ3n) is 4.69. The minimum atomic E-state index is -0.401. The fraction of sp³-hybridized carbons (Fsp3) is 0.286. The number of thioether (sulfide) groups is 1. The molecule has 1 fully saturated rings. The SMILES string of the molecule is Cc1ccc(NC(=O)C(Sc2nnc(C3CC3)n2C)c2ccccc2)cc1. The maximum absolute atomic E-state index is 13.1. The van der Waals surface area contributed by atoms with E-state index >= 15 is 0 Å². The maximum atomic E-state index is 13.1. The number of carbonyl (C=O) groups excluding carboxylic acids is 1. The van der Waals surface area contributed by atoms with Gasteiger partial charge in [0, 0.05) is 18.7 Å². The van der Waals surface area contributed by atoms with Crippen molar-refractivity contribution in [2.45, 2.75) is 36.1 Å². The molecule has 27 heavy (non-hydrogen) atoms. The number of hydrogen-bond donors (Lipinski definition) is 1. The maximum Gasteiger partial charge on any atom is 0.242 e. The zero-order chi connectivity index (χ0) is 18.8. The van der Waals surface area contributed by atoms with E-state index in [2.05, 4.69) is 15.5 Å². The van der Waals surface area contributed by atoms with Gasteiger partial charge in [-0.1, -0.05) is 59.8 Å². The molecule has 0 spiro atoms. The second kappa shape index (κ2) is 7.56. The molecular formula is C21H22N4OS. The summed E-state index contributed by atoms with van der Waals surface area (Å²) in [6, 6.07) is 17.6. The Kier molecular flexibility index (Phi) is 4.99. The zero-order valence-corrected chi connectivity index (χ0v) is 16.2. The summed E-state index contributed by atoms with van der Waals surface area (Å²) in [5.41, 5.74) is 2.90. The van der Waals surface area contributed by atoms with Crippen LogP contribution in [0, 0.1) is 6.92 Å². The molecule has 1 amide bonds.